The van der Waals surface area contributed by atoms with Gasteiger partial charge in [-0.3, -0.25) is 14.1 Å². The van der Waals surface area contributed by atoms with E-state index in [0.29, 0.717) is 0 Å². The number of esters is 1. The van der Waals surface area contributed by atoms with Crippen LogP contribution in [0.1, 0.15) is 38.5 Å². The van der Waals surface area contributed by atoms with Crippen LogP contribution in [-0.4, -0.2) is 41.4 Å². The Morgan fingerprint density at radius 3 is 2.29 bits per heavy atom. The lowest BCUT2D eigenvalue weighted by molar-refractivity contribution is -0.152. The molecule has 1 rings (SSSR count). The first-order chi connectivity index (χ1) is 9.75. The van der Waals surface area contributed by atoms with E-state index in [0.717, 1.165) is 32.1 Å². The van der Waals surface area contributed by atoms with Crippen LogP contribution >= 0.6 is 0 Å². The van der Waals surface area contributed by atoms with Crippen LogP contribution < -0.4 is 0 Å². The summed E-state index contributed by atoms with van der Waals surface area (Å²) < 4.78 is 36.3. The summed E-state index contributed by atoms with van der Waals surface area (Å²) in [5, 5.41) is 6.52. The Kier molecular flexibility index (Phi) is 6.35. The number of carboxylic acids is 1. The van der Waals surface area contributed by atoms with E-state index in [2.05, 4.69) is 6.58 Å². The second-order valence-electron chi connectivity index (χ2n) is 5.14. The highest BCUT2D eigenvalue weighted by Crippen LogP contribution is 2.29. The summed E-state index contributed by atoms with van der Waals surface area (Å²) in [6.07, 6.45) is 4.45. The van der Waals surface area contributed by atoms with Gasteiger partial charge in [0.2, 0.25) is 0 Å². The van der Waals surface area contributed by atoms with E-state index >= 15 is 0 Å². The maximum Gasteiger partial charge on any atom is 0.328 e. The first-order valence-electron chi connectivity index (χ1n) is 6.77. The van der Waals surface area contributed by atoms with Crippen molar-refractivity contribution in [3.63, 3.8) is 0 Å². The summed E-state index contributed by atoms with van der Waals surface area (Å²) in [5.41, 5.74) is 0. The molecule has 2 unspecified atom stereocenters. The third-order valence-electron chi connectivity index (χ3n) is 3.58. The minimum Gasteiger partial charge on any atom is -0.481 e. The molecular weight excluding hydrogens is 300 g/mol. The minimum absolute atomic E-state index is 0.0482. The van der Waals surface area contributed by atoms with Gasteiger partial charge in [0.15, 0.2) is 5.25 Å². The maximum absolute atomic E-state index is 11.9. The van der Waals surface area contributed by atoms with E-state index in [4.69, 9.17) is 14.4 Å². The molecule has 2 N–H and O–H groups in total. The van der Waals surface area contributed by atoms with Gasteiger partial charge in [-0.25, -0.2) is 0 Å². The Morgan fingerprint density at radius 2 is 1.86 bits per heavy atom. The van der Waals surface area contributed by atoms with Crippen molar-refractivity contribution in [3.8, 4) is 0 Å². The first-order valence-corrected chi connectivity index (χ1v) is 8.27. The van der Waals surface area contributed by atoms with Crippen LogP contribution in [0.15, 0.2) is 12.7 Å². The Balaban J connectivity index is 2.78. The lowest BCUT2D eigenvalue weighted by Gasteiger charge is -2.28. The molecule has 7 nitrogen and oxygen atoms in total. The van der Waals surface area contributed by atoms with Crippen LogP contribution in [0.25, 0.3) is 0 Å². The smallest absolute Gasteiger partial charge is 0.328 e. The minimum atomic E-state index is -4.83. The molecule has 0 radical (unpaired) electrons. The summed E-state index contributed by atoms with van der Waals surface area (Å²) in [6.45, 7) is 3.57. The fourth-order valence-electron chi connectivity index (χ4n) is 2.48. The summed E-state index contributed by atoms with van der Waals surface area (Å²) >= 11 is 0. The molecule has 1 saturated carbocycles. The maximum atomic E-state index is 11.9. The van der Waals surface area contributed by atoms with E-state index in [-0.39, 0.29) is 5.92 Å². The Labute approximate surface area is 123 Å². The monoisotopic (exact) mass is 320 g/mol. The molecule has 8 heteroatoms. The van der Waals surface area contributed by atoms with Crippen LogP contribution in [0, 0.1) is 5.92 Å². The molecule has 1 aliphatic rings. The molecule has 1 aliphatic carbocycles. The van der Waals surface area contributed by atoms with Gasteiger partial charge in [0.25, 0.3) is 10.1 Å². The highest BCUT2D eigenvalue weighted by Gasteiger charge is 2.37. The van der Waals surface area contributed by atoms with E-state index in [1.165, 1.54) is 6.08 Å². The standard InChI is InChI=1S/C13H20O7S/c1-2-10(9-6-4-3-5-7-9)20-13(16)11(8-12(14)15)21(17,18)19/h2,9-11H,1,3-8H2,(H,14,15)(H,17,18,19). The Morgan fingerprint density at radius 1 is 1.29 bits per heavy atom. The molecule has 0 saturated heterocycles. The van der Waals surface area contributed by atoms with Gasteiger partial charge in [-0.05, 0) is 18.8 Å². The van der Waals surface area contributed by atoms with Gasteiger partial charge >= 0.3 is 11.9 Å². The largest absolute Gasteiger partial charge is 0.481 e. The third kappa shape index (κ3) is 5.47. The summed E-state index contributed by atoms with van der Waals surface area (Å²) in [7, 11) is -4.83. The molecule has 0 aromatic carbocycles. The zero-order valence-corrected chi connectivity index (χ0v) is 12.4. The van der Waals surface area contributed by atoms with Crippen molar-refractivity contribution < 1.29 is 32.4 Å². The lowest BCUT2D eigenvalue weighted by atomic mass is 9.85. The van der Waals surface area contributed by atoms with Crippen LogP contribution in [-0.2, 0) is 24.4 Å². The number of carbonyl (C=O) groups is 2. The molecular formula is C13H20O7S. The van der Waals surface area contributed by atoms with Gasteiger partial charge in [-0.15, -0.1) is 0 Å². The predicted molar refractivity (Wildman–Crippen MR) is 74.2 cm³/mol. The molecule has 0 spiro atoms. The van der Waals surface area contributed by atoms with Crippen molar-refractivity contribution in [2.45, 2.75) is 49.9 Å². The van der Waals surface area contributed by atoms with Crippen molar-refractivity contribution in [1.29, 1.82) is 0 Å². The van der Waals surface area contributed by atoms with Gasteiger partial charge in [0.1, 0.15) is 6.10 Å². The lowest BCUT2D eigenvalue weighted by Crippen LogP contribution is -2.37. The van der Waals surface area contributed by atoms with Crippen LogP contribution in [0.3, 0.4) is 0 Å². The number of aliphatic carboxylic acids is 1. The topological polar surface area (TPSA) is 118 Å². The first kappa shape index (κ1) is 17.6. The number of hydrogen-bond donors (Lipinski definition) is 2. The molecule has 0 aliphatic heterocycles. The normalized spacial score (nSPS) is 19.5. The van der Waals surface area contributed by atoms with Crippen LogP contribution in [0.4, 0.5) is 0 Å². The molecule has 0 aromatic heterocycles. The van der Waals surface area contributed by atoms with Crippen molar-refractivity contribution in [2.75, 3.05) is 0 Å². The van der Waals surface area contributed by atoms with Crippen LogP contribution in [0.2, 0.25) is 0 Å². The van der Waals surface area contributed by atoms with Gasteiger partial charge in [-0.1, -0.05) is 31.9 Å². The quantitative estimate of drug-likeness (QED) is 0.413. The zero-order valence-electron chi connectivity index (χ0n) is 11.6. The number of ether oxygens (including phenoxy) is 1. The average Bonchev–Trinajstić information content (AvgIpc) is 2.41. The van der Waals surface area contributed by atoms with Gasteiger partial charge in [0, 0.05) is 0 Å². The van der Waals surface area contributed by atoms with E-state index in [1.807, 2.05) is 0 Å². The second-order valence-corrected chi connectivity index (χ2v) is 6.74. The SMILES string of the molecule is C=CC(OC(=O)C(CC(=O)O)S(=O)(=O)O)C1CCCCC1. The number of rotatable bonds is 7. The van der Waals surface area contributed by atoms with Crippen molar-refractivity contribution >= 4 is 22.1 Å². The summed E-state index contributed by atoms with van der Waals surface area (Å²) in [4.78, 5) is 22.5. The Bertz CT molecular complexity index is 491. The highest BCUT2D eigenvalue weighted by molar-refractivity contribution is 7.87. The summed E-state index contributed by atoms with van der Waals surface area (Å²) in [6, 6.07) is 0. The van der Waals surface area contributed by atoms with Gasteiger partial charge in [-0.2, -0.15) is 8.42 Å². The number of hydrogen-bond acceptors (Lipinski definition) is 5. The molecule has 21 heavy (non-hydrogen) atoms. The van der Waals surface area contributed by atoms with E-state index in [9.17, 15) is 18.0 Å². The average molecular weight is 320 g/mol. The third-order valence-corrected chi connectivity index (χ3v) is 4.66. The highest BCUT2D eigenvalue weighted by atomic mass is 32.2. The Hall–Kier alpha value is -1.41. The second kappa shape index (κ2) is 7.56. The zero-order chi connectivity index (χ0) is 16.0. The molecule has 1 fully saturated rings. The number of carbonyl (C=O) groups excluding carboxylic acids is 1. The molecule has 0 heterocycles. The van der Waals surface area contributed by atoms with Gasteiger partial charge < -0.3 is 9.84 Å². The summed E-state index contributed by atoms with van der Waals surface area (Å²) in [5.74, 6) is -2.72. The molecule has 0 amide bonds. The van der Waals surface area contributed by atoms with Gasteiger partial charge in [0.05, 0.1) is 6.42 Å². The van der Waals surface area contributed by atoms with Crippen molar-refractivity contribution in [3.05, 3.63) is 12.7 Å². The fourth-order valence-corrected chi connectivity index (χ4v) is 3.13. The van der Waals surface area contributed by atoms with Crippen LogP contribution in [0.5, 0.6) is 0 Å². The van der Waals surface area contributed by atoms with Crippen molar-refractivity contribution in [2.24, 2.45) is 5.92 Å². The van der Waals surface area contributed by atoms with E-state index < -0.39 is 39.8 Å². The van der Waals surface area contributed by atoms with Crippen molar-refractivity contribution in [1.82, 2.24) is 0 Å². The molecule has 0 aromatic rings. The number of carboxylic acid groups (broad SMARTS) is 1. The predicted octanol–water partition coefficient (Wildman–Crippen LogP) is 1.40. The van der Waals surface area contributed by atoms with E-state index in [1.54, 1.807) is 0 Å². The fraction of sp³-hybridized carbons (Fsp3) is 0.692. The molecule has 2 atom stereocenters. The molecule has 120 valence electrons. The molecule has 0 bridgehead atoms.